The molecule has 0 radical (unpaired) electrons. The molecule has 1 heterocycles. The first kappa shape index (κ1) is 12.7. The van der Waals surface area contributed by atoms with Crippen LogP contribution < -0.4 is 11.3 Å². The molecule has 0 aromatic carbocycles. The molecule has 84 valence electrons. The summed E-state index contributed by atoms with van der Waals surface area (Å²) in [5.74, 6) is 6.30. The van der Waals surface area contributed by atoms with Crippen LogP contribution in [0.1, 0.15) is 20.8 Å². The lowest BCUT2D eigenvalue weighted by atomic mass is 10.2. The molecule has 6 heteroatoms. The van der Waals surface area contributed by atoms with Crippen molar-refractivity contribution in [1.29, 1.82) is 0 Å². The van der Waals surface area contributed by atoms with Crippen molar-refractivity contribution >= 4 is 33.6 Å². The molecule has 3 N–H and O–H groups in total. The zero-order chi connectivity index (χ0) is 11.4. The van der Waals surface area contributed by atoms with E-state index in [-0.39, 0.29) is 0 Å². The van der Waals surface area contributed by atoms with Crippen molar-refractivity contribution in [2.45, 2.75) is 31.0 Å². The van der Waals surface area contributed by atoms with Gasteiger partial charge in [-0.25, -0.2) is 15.8 Å². The zero-order valence-electron chi connectivity index (χ0n) is 8.99. The van der Waals surface area contributed by atoms with E-state index in [9.17, 15) is 0 Å². The highest BCUT2D eigenvalue weighted by molar-refractivity contribution is 9.10. The molecule has 0 saturated heterocycles. The van der Waals surface area contributed by atoms with Gasteiger partial charge in [0.15, 0.2) is 0 Å². The first-order valence-corrected chi connectivity index (χ1v) is 6.37. The number of nitrogens with one attached hydrogen (secondary N) is 1. The molecule has 0 saturated carbocycles. The van der Waals surface area contributed by atoms with E-state index in [0.717, 1.165) is 9.50 Å². The minimum atomic E-state index is 0.441. The number of thioether (sulfide) groups is 1. The van der Waals surface area contributed by atoms with Gasteiger partial charge in [-0.15, -0.1) is 11.8 Å². The van der Waals surface area contributed by atoms with Crippen LogP contribution in [-0.4, -0.2) is 15.2 Å². The zero-order valence-corrected chi connectivity index (χ0v) is 11.4. The molecular weight excluding hydrogens is 276 g/mol. The maximum absolute atomic E-state index is 5.26. The Hall–Kier alpha value is -0.330. The summed E-state index contributed by atoms with van der Waals surface area (Å²) in [6.45, 7) is 6.56. The van der Waals surface area contributed by atoms with E-state index in [1.807, 2.05) is 0 Å². The molecule has 0 aliphatic rings. The van der Waals surface area contributed by atoms with Crippen LogP contribution in [0, 0.1) is 5.92 Å². The number of aromatic nitrogens is 2. The lowest BCUT2D eigenvalue weighted by Crippen LogP contribution is -2.11. The molecule has 1 aromatic rings. The third-order valence-corrected chi connectivity index (χ3v) is 4.37. The fourth-order valence-electron chi connectivity index (χ4n) is 0.816. The molecule has 1 aromatic heterocycles. The van der Waals surface area contributed by atoms with Gasteiger partial charge in [0.2, 0.25) is 5.95 Å². The van der Waals surface area contributed by atoms with Gasteiger partial charge in [-0.2, -0.15) is 0 Å². The molecule has 0 spiro atoms. The summed E-state index contributed by atoms with van der Waals surface area (Å²) in [6.07, 6.45) is 1.71. The van der Waals surface area contributed by atoms with E-state index in [2.05, 4.69) is 52.1 Å². The SMILES string of the molecule is CC(C)C(C)Sc1nc(NN)ncc1Br. The molecule has 0 aliphatic carbocycles. The van der Waals surface area contributed by atoms with Crippen LogP contribution in [0.3, 0.4) is 0 Å². The van der Waals surface area contributed by atoms with Crippen LogP contribution in [0.5, 0.6) is 0 Å². The normalized spacial score (nSPS) is 12.9. The number of halogens is 1. The molecule has 0 fully saturated rings. The van der Waals surface area contributed by atoms with Gasteiger partial charge < -0.3 is 0 Å². The number of hydrazine groups is 1. The predicted molar refractivity (Wildman–Crippen MR) is 67.7 cm³/mol. The second-order valence-electron chi connectivity index (χ2n) is 3.56. The highest BCUT2D eigenvalue weighted by Gasteiger charge is 2.13. The van der Waals surface area contributed by atoms with Gasteiger partial charge in [-0.05, 0) is 21.8 Å². The van der Waals surface area contributed by atoms with Crippen LogP contribution in [-0.2, 0) is 0 Å². The average Bonchev–Trinajstić information content (AvgIpc) is 2.21. The van der Waals surface area contributed by atoms with Gasteiger partial charge in [0.25, 0.3) is 0 Å². The van der Waals surface area contributed by atoms with E-state index in [1.165, 1.54) is 0 Å². The summed E-state index contributed by atoms with van der Waals surface area (Å²) in [7, 11) is 0. The Morgan fingerprint density at radius 1 is 1.47 bits per heavy atom. The van der Waals surface area contributed by atoms with Gasteiger partial charge >= 0.3 is 0 Å². The topological polar surface area (TPSA) is 63.8 Å². The molecule has 0 aliphatic heterocycles. The van der Waals surface area contributed by atoms with Crippen LogP contribution in [0.15, 0.2) is 15.7 Å². The highest BCUT2D eigenvalue weighted by atomic mass is 79.9. The van der Waals surface area contributed by atoms with Crippen LogP contribution in [0.25, 0.3) is 0 Å². The van der Waals surface area contributed by atoms with E-state index < -0.39 is 0 Å². The van der Waals surface area contributed by atoms with Crippen molar-refractivity contribution in [1.82, 2.24) is 9.97 Å². The number of nitrogen functional groups attached to an aromatic ring is 1. The molecule has 15 heavy (non-hydrogen) atoms. The molecule has 4 nitrogen and oxygen atoms in total. The Morgan fingerprint density at radius 3 is 2.67 bits per heavy atom. The number of nitrogens with zero attached hydrogens (tertiary/aromatic N) is 2. The Morgan fingerprint density at radius 2 is 2.13 bits per heavy atom. The fourth-order valence-corrected chi connectivity index (χ4v) is 2.22. The monoisotopic (exact) mass is 290 g/mol. The highest BCUT2D eigenvalue weighted by Crippen LogP contribution is 2.31. The first-order valence-electron chi connectivity index (χ1n) is 4.70. The standard InChI is InChI=1S/C9H15BrN4S/c1-5(2)6(3)15-8-7(10)4-12-9(13-8)14-11/h4-6H,11H2,1-3H3,(H,12,13,14). The summed E-state index contributed by atoms with van der Waals surface area (Å²) in [5, 5.41) is 1.42. The summed E-state index contributed by atoms with van der Waals surface area (Å²) in [6, 6.07) is 0. The Balaban J connectivity index is 2.83. The molecule has 0 bridgehead atoms. The number of hydrogen-bond donors (Lipinski definition) is 2. The van der Waals surface area contributed by atoms with E-state index in [0.29, 0.717) is 17.1 Å². The van der Waals surface area contributed by atoms with E-state index in [4.69, 9.17) is 5.84 Å². The molecule has 0 amide bonds. The minimum absolute atomic E-state index is 0.441. The average molecular weight is 291 g/mol. The van der Waals surface area contributed by atoms with E-state index >= 15 is 0 Å². The van der Waals surface area contributed by atoms with Crippen molar-refractivity contribution in [3.8, 4) is 0 Å². The third kappa shape index (κ3) is 3.62. The fraction of sp³-hybridized carbons (Fsp3) is 0.556. The largest absolute Gasteiger partial charge is 0.292 e. The molecular formula is C9H15BrN4S. The van der Waals surface area contributed by atoms with Crippen molar-refractivity contribution in [2.75, 3.05) is 5.43 Å². The lowest BCUT2D eigenvalue weighted by Gasteiger charge is -2.15. The van der Waals surface area contributed by atoms with Crippen LogP contribution >= 0.6 is 27.7 Å². The molecule has 1 atom stereocenters. The minimum Gasteiger partial charge on any atom is -0.292 e. The number of nitrogens with two attached hydrogens (primary N) is 1. The van der Waals surface area contributed by atoms with Crippen molar-refractivity contribution in [2.24, 2.45) is 11.8 Å². The molecule has 1 rings (SSSR count). The smallest absolute Gasteiger partial charge is 0.238 e. The van der Waals surface area contributed by atoms with Crippen LogP contribution in [0.4, 0.5) is 5.95 Å². The Bertz CT molecular complexity index is 332. The van der Waals surface area contributed by atoms with Gasteiger partial charge in [-0.1, -0.05) is 20.8 Å². The number of hydrogen-bond acceptors (Lipinski definition) is 5. The number of rotatable bonds is 4. The third-order valence-electron chi connectivity index (χ3n) is 2.08. The second-order valence-corrected chi connectivity index (χ2v) is 5.78. The van der Waals surface area contributed by atoms with E-state index in [1.54, 1.807) is 18.0 Å². The Kier molecular flexibility index (Phi) is 4.82. The van der Waals surface area contributed by atoms with Crippen LogP contribution in [0.2, 0.25) is 0 Å². The van der Waals surface area contributed by atoms with Gasteiger partial charge in [-0.3, -0.25) is 5.43 Å². The second kappa shape index (κ2) is 5.67. The molecule has 1 unspecified atom stereocenters. The predicted octanol–water partition coefficient (Wildman–Crippen LogP) is 2.66. The number of anilines is 1. The first-order chi connectivity index (χ1) is 7.04. The Labute approximate surface area is 103 Å². The summed E-state index contributed by atoms with van der Waals surface area (Å²) in [4.78, 5) is 8.28. The lowest BCUT2D eigenvalue weighted by molar-refractivity contribution is 0.641. The van der Waals surface area contributed by atoms with Crippen molar-refractivity contribution in [3.05, 3.63) is 10.7 Å². The van der Waals surface area contributed by atoms with Gasteiger partial charge in [0, 0.05) is 11.4 Å². The summed E-state index contributed by atoms with van der Waals surface area (Å²) < 4.78 is 0.902. The van der Waals surface area contributed by atoms with Gasteiger partial charge in [0.1, 0.15) is 5.03 Å². The van der Waals surface area contributed by atoms with Crippen molar-refractivity contribution in [3.63, 3.8) is 0 Å². The maximum atomic E-state index is 5.26. The quantitative estimate of drug-likeness (QED) is 0.386. The summed E-state index contributed by atoms with van der Waals surface area (Å²) in [5.41, 5.74) is 2.44. The van der Waals surface area contributed by atoms with Crippen molar-refractivity contribution < 1.29 is 0 Å². The van der Waals surface area contributed by atoms with Gasteiger partial charge in [0.05, 0.1) is 4.47 Å². The maximum Gasteiger partial charge on any atom is 0.238 e. The summed E-state index contributed by atoms with van der Waals surface area (Å²) >= 11 is 5.14.